The van der Waals surface area contributed by atoms with E-state index in [-0.39, 0.29) is 43.6 Å². The molecule has 0 radical (unpaired) electrons. The Bertz CT molecular complexity index is 1900. The van der Waals surface area contributed by atoms with Crippen molar-refractivity contribution in [2.45, 2.75) is 80.1 Å². The molecule has 0 saturated heterocycles. The number of hydrogen-bond donors (Lipinski definition) is 3. The first kappa shape index (κ1) is 37.2. The number of alkyl carbamates (subject to hydrolysis) is 1. The Labute approximate surface area is 289 Å². The second-order valence-corrected chi connectivity index (χ2v) is 12.4. The van der Waals surface area contributed by atoms with Gasteiger partial charge in [0.25, 0.3) is 5.91 Å². The molecule has 3 amide bonds. The highest BCUT2D eigenvalue weighted by molar-refractivity contribution is 6.04. The predicted molar refractivity (Wildman–Crippen MR) is 185 cm³/mol. The van der Waals surface area contributed by atoms with Crippen molar-refractivity contribution in [3.63, 3.8) is 0 Å². The molecule has 3 aromatic heterocycles. The molecule has 0 aliphatic rings. The van der Waals surface area contributed by atoms with Gasteiger partial charge in [-0.2, -0.15) is 10.2 Å². The Morgan fingerprint density at radius 2 is 1.58 bits per heavy atom. The minimum absolute atomic E-state index is 0.0733. The van der Waals surface area contributed by atoms with Crippen molar-refractivity contribution in [1.82, 2.24) is 34.4 Å². The maximum absolute atomic E-state index is 13.4. The van der Waals surface area contributed by atoms with Gasteiger partial charge in [0.05, 0.1) is 30.1 Å². The van der Waals surface area contributed by atoms with Crippen LogP contribution in [0.5, 0.6) is 5.75 Å². The van der Waals surface area contributed by atoms with Crippen molar-refractivity contribution in [2.75, 3.05) is 25.1 Å². The van der Waals surface area contributed by atoms with Crippen molar-refractivity contribution < 1.29 is 33.4 Å². The molecule has 16 heteroatoms. The lowest BCUT2D eigenvalue weighted by Crippen LogP contribution is -2.32. The van der Waals surface area contributed by atoms with Crippen LogP contribution in [0, 0.1) is 13.8 Å². The van der Waals surface area contributed by atoms with Crippen molar-refractivity contribution >= 4 is 40.9 Å². The van der Waals surface area contributed by atoms with Gasteiger partial charge >= 0.3 is 12.1 Å². The van der Waals surface area contributed by atoms with Gasteiger partial charge in [-0.3, -0.25) is 24.3 Å². The number of fused-ring (bicyclic) bond motifs is 1. The number of nitrogens with two attached hydrogens (primary N) is 1. The molecule has 4 aromatic rings. The third-order valence-corrected chi connectivity index (χ3v) is 7.16. The fourth-order valence-corrected chi connectivity index (χ4v) is 5.04. The minimum Gasteiger partial charge on any atom is -0.491 e. The maximum Gasteiger partial charge on any atom is 0.407 e. The van der Waals surface area contributed by atoms with Crippen LogP contribution >= 0.6 is 0 Å². The number of carbonyl (C=O) groups is 4. The number of ether oxygens (including phenoxy) is 3. The average Bonchev–Trinajstić information content (AvgIpc) is 3.73. The summed E-state index contributed by atoms with van der Waals surface area (Å²) in [4.78, 5) is 55.1. The summed E-state index contributed by atoms with van der Waals surface area (Å²) < 4.78 is 21.7. The van der Waals surface area contributed by atoms with E-state index in [0.717, 1.165) is 0 Å². The quantitative estimate of drug-likeness (QED) is 0.0925. The van der Waals surface area contributed by atoms with E-state index in [1.807, 2.05) is 13.8 Å². The van der Waals surface area contributed by atoms with Crippen LogP contribution in [0.1, 0.15) is 83.8 Å². The van der Waals surface area contributed by atoms with Crippen LogP contribution in [0.25, 0.3) is 11.0 Å². The minimum atomic E-state index is -0.691. The molecule has 50 heavy (non-hydrogen) atoms. The highest BCUT2D eigenvalue weighted by Gasteiger charge is 2.22. The number of aromatic nitrogens is 6. The molecule has 268 valence electrons. The molecule has 4 rings (SSSR count). The molecule has 0 unspecified atom stereocenters. The number of benzene rings is 1. The maximum atomic E-state index is 13.4. The Morgan fingerprint density at radius 3 is 2.22 bits per heavy atom. The van der Waals surface area contributed by atoms with Crippen LogP contribution in [-0.2, 0) is 29.1 Å². The number of primary amides is 1. The number of anilines is 1. The Balaban J connectivity index is 1.59. The average molecular weight is 692 g/mol. The van der Waals surface area contributed by atoms with Crippen molar-refractivity contribution in [2.24, 2.45) is 5.73 Å². The molecule has 16 nitrogen and oxygen atoms in total. The number of imidazole rings is 1. The van der Waals surface area contributed by atoms with Crippen molar-refractivity contribution in [3.05, 3.63) is 64.8 Å². The third kappa shape index (κ3) is 9.48. The smallest absolute Gasteiger partial charge is 0.407 e. The summed E-state index contributed by atoms with van der Waals surface area (Å²) in [5.74, 6) is -1.15. The Hall–Kier alpha value is -5.67. The van der Waals surface area contributed by atoms with Gasteiger partial charge in [-0.25, -0.2) is 14.6 Å². The first-order valence-corrected chi connectivity index (χ1v) is 16.4. The number of amides is 3. The van der Waals surface area contributed by atoms with Crippen LogP contribution in [0.15, 0.2) is 36.4 Å². The van der Waals surface area contributed by atoms with Crippen LogP contribution in [-0.4, -0.2) is 78.3 Å². The van der Waals surface area contributed by atoms with E-state index in [4.69, 9.17) is 19.9 Å². The van der Waals surface area contributed by atoms with Crippen LogP contribution < -0.4 is 21.1 Å². The Kier molecular flexibility index (Phi) is 12.0. The van der Waals surface area contributed by atoms with E-state index in [2.05, 4.69) is 25.8 Å². The van der Waals surface area contributed by atoms with Gasteiger partial charge in [-0.15, -0.1) is 0 Å². The van der Waals surface area contributed by atoms with Gasteiger partial charge in [-0.1, -0.05) is 12.2 Å². The van der Waals surface area contributed by atoms with Gasteiger partial charge < -0.3 is 29.8 Å². The van der Waals surface area contributed by atoms with E-state index >= 15 is 0 Å². The van der Waals surface area contributed by atoms with E-state index in [1.165, 1.54) is 12.1 Å². The fourth-order valence-electron chi connectivity index (χ4n) is 5.04. The van der Waals surface area contributed by atoms with Gasteiger partial charge in [0, 0.05) is 38.2 Å². The van der Waals surface area contributed by atoms with Crippen LogP contribution in [0.2, 0.25) is 0 Å². The van der Waals surface area contributed by atoms with Crippen molar-refractivity contribution in [1.29, 1.82) is 0 Å². The van der Waals surface area contributed by atoms with Crippen LogP contribution in [0.4, 0.5) is 10.7 Å². The van der Waals surface area contributed by atoms with Gasteiger partial charge in [-0.05, 0) is 72.7 Å². The molecular formula is C34H45N9O7. The summed E-state index contributed by atoms with van der Waals surface area (Å²) in [6.07, 6.45) is 3.29. The highest BCUT2D eigenvalue weighted by Crippen LogP contribution is 2.31. The van der Waals surface area contributed by atoms with Gasteiger partial charge in [0.2, 0.25) is 11.9 Å². The zero-order valence-corrected chi connectivity index (χ0v) is 29.5. The second-order valence-electron chi connectivity index (χ2n) is 12.4. The second kappa shape index (κ2) is 16.2. The number of nitrogens with one attached hydrogen (secondary N) is 2. The lowest BCUT2D eigenvalue weighted by molar-refractivity contribution is 0.0470. The standard InChI is InChI=1S/C34H45N9O7/c1-8-42-25(17-21(3)39-42)30(45)38-32-37-24-19-23(29(35)44)20-27(28(24)41(32)14-11-10-13-36-33(47)50-34(5,6)7)48-15-12-16-49-31(46)26-18-22(4)40-43(26)9-2/h10-11,17-20H,8-9,12-16H2,1-7H3,(H2,35,44)(H,36,47)(H,37,38,45)/b11-10+. The van der Waals surface area contributed by atoms with E-state index in [0.29, 0.717) is 53.3 Å². The first-order valence-electron chi connectivity index (χ1n) is 16.4. The lowest BCUT2D eigenvalue weighted by Gasteiger charge is -2.19. The number of aryl methyl sites for hydroxylation is 4. The molecule has 1 aromatic carbocycles. The predicted octanol–water partition coefficient (Wildman–Crippen LogP) is 4.14. The summed E-state index contributed by atoms with van der Waals surface area (Å²) >= 11 is 0. The van der Waals surface area contributed by atoms with Gasteiger partial charge in [0.1, 0.15) is 28.3 Å². The van der Waals surface area contributed by atoms with Gasteiger partial charge in [0.15, 0.2) is 0 Å². The summed E-state index contributed by atoms with van der Waals surface area (Å²) in [6, 6.07) is 6.38. The number of carbonyl (C=O) groups excluding carboxylic acids is 4. The summed E-state index contributed by atoms with van der Waals surface area (Å²) in [5.41, 5.74) is 8.11. The van der Waals surface area contributed by atoms with Crippen LogP contribution in [0.3, 0.4) is 0 Å². The summed E-state index contributed by atoms with van der Waals surface area (Å²) in [5, 5.41) is 14.2. The van der Waals surface area contributed by atoms with E-state index < -0.39 is 29.5 Å². The first-order chi connectivity index (χ1) is 23.7. The highest BCUT2D eigenvalue weighted by atomic mass is 16.6. The molecule has 0 atom stereocenters. The van der Waals surface area contributed by atoms with Crippen molar-refractivity contribution in [3.8, 4) is 5.75 Å². The molecule has 0 spiro atoms. The number of esters is 1. The topological polar surface area (TPSA) is 200 Å². The zero-order chi connectivity index (χ0) is 36.6. The number of nitrogens with zero attached hydrogens (tertiary/aromatic N) is 6. The Morgan fingerprint density at radius 1 is 0.920 bits per heavy atom. The molecule has 0 saturated carbocycles. The number of hydrogen-bond acceptors (Lipinski definition) is 10. The van der Waals surface area contributed by atoms with E-state index in [1.54, 1.807) is 72.8 Å². The molecule has 0 bridgehead atoms. The molecule has 3 heterocycles. The molecule has 0 fully saturated rings. The number of allylic oxidation sites excluding steroid dienone is 1. The normalized spacial score (nSPS) is 11.6. The molecule has 0 aliphatic carbocycles. The third-order valence-electron chi connectivity index (χ3n) is 7.16. The van der Waals surface area contributed by atoms with E-state index in [9.17, 15) is 19.2 Å². The molecule has 0 aliphatic heterocycles. The monoisotopic (exact) mass is 691 g/mol. The molecular weight excluding hydrogens is 646 g/mol. The largest absolute Gasteiger partial charge is 0.491 e. The lowest BCUT2D eigenvalue weighted by atomic mass is 10.1. The zero-order valence-electron chi connectivity index (χ0n) is 29.5. The number of rotatable bonds is 15. The summed E-state index contributed by atoms with van der Waals surface area (Å²) in [6.45, 7) is 14.3. The SMILES string of the molecule is CCn1nc(C)cc1C(=O)Nc1nc2cc(C(N)=O)cc(OCCCOC(=O)c3cc(C)nn3CC)c2n1C/C=C/CNC(=O)OC(C)(C)C. The fraction of sp³-hybridized carbons (Fsp3) is 0.441. The summed E-state index contributed by atoms with van der Waals surface area (Å²) in [7, 11) is 0. The molecule has 4 N–H and O–H groups in total.